The SMILES string of the molecule is CN1CCC(N(C)CCN(C)C(=O)C2(N)CCC2)CC1. The average molecular weight is 282 g/mol. The minimum absolute atomic E-state index is 0.125. The average Bonchev–Trinajstić information content (AvgIpc) is 2.41. The molecule has 1 saturated heterocycles. The van der Waals surface area contributed by atoms with Crippen molar-refractivity contribution in [3.63, 3.8) is 0 Å². The van der Waals surface area contributed by atoms with Gasteiger partial charge < -0.3 is 20.4 Å². The topological polar surface area (TPSA) is 52.8 Å². The number of rotatable bonds is 5. The lowest BCUT2D eigenvalue weighted by Gasteiger charge is -2.40. The zero-order chi connectivity index (χ0) is 14.8. The summed E-state index contributed by atoms with van der Waals surface area (Å²) in [6.07, 6.45) is 5.24. The van der Waals surface area contributed by atoms with Crippen LogP contribution < -0.4 is 5.73 Å². The Balaban J connectivity index is 1.72. The fraction of sp³-hybridized carbons (Fsp3) is 0.933. The number of hydrogen-bond acceptors (Lipinski definition) is 4. The van der Waals surface area contributed by atoms with Crippen molar-refractivity contribution >= 4 is 5.91 Å². The number of carbonyl (C=O) groups excluding carboxylic acids is 1. The molecule has 20 heavy (non-hydrogen) atoms. The second-order valence-electron chi connectivity index (χ2n) is 6.75. The van der Waals surface area contributed by atoms with E-state index in [2.05, 4.69) is 23.9 Å². The Bertz CT molecular complexity index is 335. The van der Waals surface area contributed by atoms with Crippen molar-refractivity contribution in [1.82, 2.24) is 14.7 Å². The highest BCUT2D eigenvalue weighted by molar-refractivity contribution is 5.86. The van der Waals surface area contributed by atoms with Crippen LogP contribution in [0.4, 0.5) is 0 Å². The number of amides is 1. The summed E-state index contributed by atoms with van der Waals surface area (Å²) in [4.78, 5) is 18.9. The molecule has 0 aromatic heterocycles. The van der Waals surface area contributed by atoms with Crippen molar-refractivity contribution in [1.29, 1.82) is 0 Å². The van der Waals surface area contributed by atoms with Crippen LogP contribution in [0.2, 0.25) is 0 Å². The molecule has 0 unspecified atom stereocenters. The smallest absolute Gasteiger partial charge is 0.242 e. The standard InChI is InChI=1S/C15H30N4O/c1-17-9-5-13(6-10-17)18(2)11-12-19(3)14(20)15(16)7-4-8-15/h13H,4-12,16H2,1-3H3. The van der Waals surface area contributed by atoms with E-state index in [4.69, 9.17) is 5.73 Å². The molecule has 0 spiro atoms. The van der Waals surface area contributed by atoms with Gasteiger partial charge in [0, 0.05) is 26.2 Å². The van der Waals surface area contributed by atoms with Gasteiger partial charge in [-0.15, -0.1) is 0 Å². The van der Waals surface area contributed by atoms with E-state index in [0.29, 0.717) is 6.04 Å². The molecule has 2 N–H and O–H groups in total. The van der Waals surface area contributed by atoms with Crippen LogP contribution in [0.1, 0.15) is 32.1 Å². The third kappa shape index (κ3) is 3.51. The van der Waals surface area contributed by atoms with E-state index in [1.807, 2.05) is 11.9 Å². The summed E-state index contributed by atoms with van der Waals surface area (Å²) >= 11 is 0. The summed E-state index contributed by atoms with van der Waals surface area (Å²) in [5, 5.41) is 0. The quantitative estimate of drug-likeness (QED) is 0.791. The van der Waals surface area contributed by atoms with Crippen LogP contribution in [-0.4, -0.2) is 79.5 Å². The van der Waals surface area contributed by atoms with Crippen LogP contribution in [0.25, 0.3) is 0 Å². The van der Waals surface area contributed by atoms with Gasteiger partial charge in [0.2, 0.25) is 5.91 Å². The first-order valence-corrected chi connectivity index (χ1v) is 7.85. The fourth-order valence-electron chi connectivity index (χ4n) is 3.18. The molecule has 0 bridgehead atoms. The van der Waals surface area contributed by atoms with E-state index in [9.17, 15) is 4.79 Å². The maximum Gasteiger partial charge on any atom is 0.242 e. The Kier molecular flexibility index (Phi) is 5.04. The number of nitrogens with two attached hydrogens (primary N) is 1. The minimum Gasteiger partial charge on any atom is -0.343 e. The lowest BCUT2D eigenvalue weighted by Crippen LogP contribution is -2.59. The molecule has 1 amide bonds. The second-order valence-corrected chi connectivity index (χ2v) is 6.75. The number of nitrogens with zero attached hydrogens (tertiary/aromatic N) is 3. The van der Waals surface area contributed by atoms with Gasteiger partial charge in [0.1, 0.15) is 0 Å². The Morgan fingerprint density at radius 1 is 1.25 bits per heavy atom. The number of likely N-dealkylation sites (N-methyl/N-ethyl adjacent to an activating group) is 2. The lowest BCUT2D eigenvalue weighted by atomic mass is 9.76. The summed E-state index contributed by atoms with van der Waals surface area (Å²) in [6.45, 7) is 4.07. The molecule has 2 fully saturated rings. The molecule has 116 valence electrons. The molecule has 1 aliphatic carbocycles. The van der Waals surface area contributed by atoms with Gasteiger partial charge in [-0.1, -0.05) is 0 Å². The van der Waals surface area contributed by atoms with E-state index in [0.717, 1.165) is 32.4 Å². The molecule has 0 aromatic rings. The van der Waals surface area contributed by atoms with Crippen molar-refractivity contribution < 1.29 is 4.79 Å². The maximum atomic E-state index is 12.3. The van der Waals surface area contributed by atoms with Crippen LogP contribution in [0.5, 0.6) is 0 Å². The molecular formula is C15H30N4O. The van der Waals surface area contributed by atoms with E-state index in [1.165, 1.54) is 25.9 Å². The Morgan fingerprint density at radius 3 is 2.35 bits per heavy atom. The highest BCUT2D eigenvalue weighted by atomic mass is 16.2. The zero-order valence-corrected chi connectivity index (χ0v) is 13.3. The van der Waals surface area contributed by atoms with Crippen molar-refractivity contribution in [3.8, 4) is 0 Å². The van der Waals surface area contributed by atoms with Crippen LogP contribution in [0, 0.1) is 0 Å². The van der Waals surface area contributed by atoms with Gasteiger partial charge in [0.25, 0.3) is 0 Å². The third-order valence-electron chi connectivity index (χ3n) is 5.12. The molecule has 1 aliphatic heterocycles. The molecule has 0 atom stereocenters. The maximum absolute atomic E-state index is 12.3. The van der Waals surface area contributed by atoms with Gasteiger partial charge in [-0.2, -0.15) is 0 Å². The monoisotopic (exact) mass is 282 g/mol. The molecule has 5 nitrogen and oxygen atoms in total. The van der Waals surface area contributed by atoms with Crippen LogP contribution in [-0.2, 0) is 4.79 Å². The molecular weight excluding hydrogens is 252 g/mol. The Labute approximate surface area is 123 Å². The van der Waals surface area contributed by atoms with Gasteiger partial charge in [0.05, 0.1) is 5.54 Å². The first-order chi connectivity index (χ1) is 9.42. The highest BCUT2D eigenvalue weighted by Crippen LogP contribution is 2.30. The van der Waals surface area contributed by atoms with Crippen molar-refractivity contribution in [2.24, 2.45) is 5.73 Å². The Morgan fingerprint density at radius 2 is 1.85 bits per heavy atom. The number of hydrogen-bond donors (Lipinski definition) is 1. The molecule has 2 rings (SSSR count). The summed E-state index contributed by atoms with van der Waals surface area (Å²) in [6, 6.07) is 0.658. The van der Waals surface area contributed by atoms with E-state index < -0.39 is 5.54 Å². The Hall–Kier alpha value is -0.650. The van der Waals surface area contributed by atoms with Crippen LogP contribution in [0.3, 0.4) is 0 Å². The fourth-order valence-corrected chi connectivity index (χ4v) is 3.18. The van der Waals surface area contributed by atoms with Gasteiger partial charge >= 0.3 is 0 Å². The van der Waals surface area contributed by atoms with Crippen molar-refractivity contribution in [2.75, 3.05) is 47.3 Å². The first kappa shape index (κ1) is 15.7. The molecule has 1 heterocycles. The van der Waals surface area contributed by atoms with Gasteiger partial charge in [-0.25, -0.2) is 0 Å². The largest absolute Gasteiger partial charge is 0.343 e. The molecule has 5 heteroatoms. The lowest BCUT2D eigenvalue weighted by molar-refractivity contribution is -0.139. The van der Waals surface area contributed by atoms with Gasteiger partial charge in [-0.3, -0.25) is 4.79 Å². The zero-order valence-electron chi connectivity index (χ0n) is 13.3. The highest BCUT2D eigenvalue weighted by Gasteiger charge is 2.41. The van der Waals surface area contributed by atoms with Crippen molar-refractivity contribution in [3.05, 3.63) is 0 Å². The van der Waals surface area contributed by atoms with Crippen LogP contribution in [0.15, 0.2) is 0 Å². The molecule has 0 aromatic carbocycles. The number of likely N-dealkylation sites (tertiary alicyclic amines) is 1. The second kappa shape index (κ2) is 6.41. The predicted octanol–water partition coefficient (Wildman–Crippen LogP) is 0.352. The summed E-state index contributed by atoms with van der Waals surface area (Å²) < 4.78 is 0. The van der Waals surface area contributed by atoms with Crippen molar-refractivity contribution in [2.45, 2.75) is 43.7 Å². The summed E-state index contributed by atoms with van der Waals surface area (Å²) in [5.74, 6) is 0.125. The summed E-state index contributed by atoms with van der Waals surface area (Å²) in [5.41, 5.74) is 5.55. The normalized spacial score (nSPS) is 23.6. The van der Waals surface area contributed by atoms with E-state index >= 15 is 0 Å². The van der Waals surface area contributed by atoms with Crippen LogP contribution >= 0.6 is 0 Å². The molecule has 0 radical (unpaired) electrons. The molecule has 2 aliphatic rings. The number of carbonyl (C=O) groups is 1. The number of piperidine rings is 1. The molecule has 1 saturated carbocycles. The van der Waals surface area contributed by atoms with E-state index in [1.54, 1.807) is 0 Å². The third-order valence-corrected chi connectivity index (χ3v) is 5.12. The van der Waals surface area contributed by atoms with E-state index in [-0.39, 0.29) is 5.91 Å². The van der Waals surface area contributed by atoms with Gasteiger partial charge in [0.15, 0.2) is 0 Å². The van der Waals surface area contributed by atoms with Gasteiger partial charge in [-0.05, 0) is 59.3 Å². The minimum atomic E-state index is -0.555. The first-order valence-electron chi connectivity index (χ1n) is 7.85. The summed E-state index contributed by atoms with van der Waals surface area (Å²) in [7, 11) is 6.25. The predicted molar refractivity (Wildman–Crippen MR) is 81.6 cm³/mol.